The molecule has 0 aliphatic carbocycles. The Kier molecular flexibility index (Phi) is 3.91. The minimum Gasteiger partial charge on any atom is -0.397 e. The molecule has 1 atom stereocenters. The molecule has 3 aromatic rings. The highest BCUT2D eigenvalue weighted by atomic mass is 32.1. The van der Waals surface area contributed by atoms with Crippen molar-refractivity contribution in [1.82, 2.24) is 9.88 Å². The summed E-state index contributed by atoms with van der Waals surface area (Å²) in [6.07, 6.45) is 2.26. The highest BCUT2D eigenvalue weighted by Gasteiger charge is 2.26. The molecule has 0 radical (unpaired) electrons. The summed E-state index contributed by atoms with van der Waals surface area (Å²) < 4.78 is 0. The maximum Gasteiger partial charge on any atom is 0.266 e. The van der Waals surface area contributed by atoms with Gasteiger partial charge in [0.05, 0.1) is 11.2 Å². The van der Waals surface area contributed by atoms with E-state index in [0.29, 0.717) is 16.5 Å². The van der Waals surface area contributed by atoms with Crippen molar-refractivity contribution in [2.45, 2.75) is 33.6 Å². The van der Waals surface area contributed by atoms with Crippen LogP contribution in [-0.4, -0.2) is 28.9 Å². The quantitative estimate of drug-likeness (QED) is 0.700. The first-order chi connectivity index (χ1) is 12.0. The predicted octanol–water partition coefficient (Wildman–Crippen LogP) is 4.52. The molecule has 1 aliphatic heterocycles. The number of amides is 1. The van der Waals surface area contributed by atoms with Gasteiger partial charge in [0.15, 0.2) is 0 Å². The predicted molar refractivity (Wildman–Crippen MR) is 105 cm³/mol. The summed E-state index contributed by atoms with van der Waals surface area (Å²) in [5, 5.41) is 2.02. The van der Waals surface area contributed by atoms with E-state index in [4.69, 9.17) is 10.7 Å². The SMILES string of the molecule is Cc1ccc(C)c2nc3sc(C(=O)N4CCC[C@H](C)C4)c(N)c3cc12. The van der Waals surface area contributed by atoms with E-state index in [1.165, 1.54) is 23.3 Å². The van der Waals surface area contributed by atoms with E-state index in [1.807, 2.05) is 4.90 Å². The third kappa shape index (κ3) is 2.67. The smallest absolute Gasteiger partial charge is 0.266 e. The Morgan fingerprint density at radius 2 is 2.04 bits per heavy atom. The number of carbonyl (C=O) groups excluding carboxylic acids is 1. The van der Waals surface area contributed by atoms with E-state index >= 15 is 0 Å². The molecule has 4 rings (SSSR count). The Morgan fingerprint density at radius 1 is 1.28 bits per heavy atom. The monoisotopic (exact) mass is 353 g/mol. The molecule has 130 valence electrons. The fraction of sp³-hybridized carbons (Fsp3) is 0.400. The topological polar surface area (TPSA) is 59.2 Å². The number of carbonyl (C=O) groups is 1. The van der Waals surface area contributed by atoms with Gasteiger partial charge in [-0.1, -0.05) is 19.1 Å². The molecular formula is C20H23N3OS. The average molecular weight is 353 g/mol. The molecule has 2 aromatic heterocycles. The first-order valence-corrected chi connectivity index (χ1v) is 9.65. The highest BCUT2D eigenvalue weighted by Crippen LogP contribution is 2.37. The Morgan fingerprint density at radius 3 is 2.80 bits per heavy atom. The summed E-state index contributed by atoms with van der Waals surface area (Å²) in [5.74, 6) is 0.615. The summed E-state index contributed by atoms with van der Waals surface area (Å²) in [6, 6.07) is 6.30. The van der Waals surface area contributed by atoms with Crippen LogP contribution >= 0.6 is 11.3 Å². The zero-order valence-corrected chi connectivity index (χ0v) is 15.7. The normalized spacial score (nSPS) is 18.2. The summed E-state index contributed by atoms with van der Waals surface area (Å²) in [5.41, 5.74) is 10.3. The maximum absolute atomic E-state index is 13.0. The molecule has 1 amide bonds. The Bertz CT molecular complexity index is 992. The minimum absolute atomic E-state index is 0.0598. The van der Waals surface area contributed by atoms with E-state index in [1.54, 1.807) is 0 Å². The van der Waals surface area contributed by atoms with Gasteiger partial charge in [0.25, 0.3) is 5.91 Å². The van der Waals surface area contributed by atoms with Crippen molar-refractivity contribution >= 4 is 44.1 Å². The number of hydrogen-bond acceptors (Lipinski definition) is 4. The third-order valence-corrected chi connectivity index (χ3v) is 6.34. The van der Waals surface area contributed by atoms with E-state index in [0.717, 1.165) is 46.2 Å². The van der Waals surface area contributed by atoms with E-state index < -0.39 is 0 Å². The first-order valence-electron chi connectivity index (χ1n) is 8.84. The number of likely N-dealkylation sites (tertiary alicyclic amines) is 1. The number of thiophene rings is 1. The molecule has 0 spiro atoms. The fourth-order valence-corrected chi connectivity index (χ4v) is 4.78. The number of nitrogens with zero attached hydrogens (tertiary/aromatic N) is 2. The maximum atomic E-state index is 13.0. The molecule has 2 N–H and O–H groups in total. The van der Waals surface area contributed by atoms with Crippen LogP contribution < -0.4 is 5.73 Å². The van der Waals surface area contributed by atoms with Crippen molar-refractivity contribution in [3.63, 3.8) is 0 Å². The molecule has 1 aromatic carbocycles. The lowest BCUT2D eigenvalue weighted by atomic mass is 10.00. The Labute approximate surface area is 151 Å². The number of benzene rings is 1. The van der Waals surface area contributed by atoms with Gasteiger partial charge >= 0.3 is 0 Å². The molecule has 25 heavy (non-hydrogen) atoms. The van der Waals surface area contributed by atoms with Gasteiger partial charge in [0.2, 0.25) is 0 Å². The van der Waals surface area contributed by atoms with Crippen molar-refractivity contribution in [2.24, 2.45) is 5.92 Å². The number of rotatable bonds is 1. The van der Waals surface area contributed by atoms with Crippen molar-refractivity contribution in [3.8, 4) is 0 Å². The van der Waals surface area contributed by atoms with E-state index in [9.17, 15) is 4.79 Å². The number of piperidine rings is 1. The van der Waals surface area contributed by atoms with Gasteiger partial charge in [-0.05, 0) is 49.8 Å². The number of aromatic nitrogens is 1. The number of pyridine rings is 1. The number of hydrogen-bond donors (Lipinski definition) is 1. The fourth-order valence-electron chi connectivity index (χ4n) is 3.74. The molecule has 1 fully saturated rings. The minimum atomic E-state index is 0.0598. The van der Waals surface area contributed by atoms with E-state index in [-0.39, 0.29) is 5.91 Å². The molecule has 0 unspecified atom stereocenters. The zero-order chi connectivity index (χ0) is 17.7. The van der Waals surface area contributed by atoms with Crippen LogP contribution in [0.25, 0.3) is 21.1 Å². The van der Waals surface area contributed by atoms with Gasteiger partial charge in [-0.2, -0.15) is 0 Å². The molecule has 1 saturated heterocycles. The van der Waals surface area contributed by atoms with Crippen LogP contribution in [0.5, 0.6) is 0 Å². The second-order valence-corrected chi connectivity index (χ2v) is 8.28. The average Bonchev–Trinajstić information content (AvgIpc) is 2.93. The van der Waals surface area contributed by atoms with Crippen LogP contribution in [0.1, 0.15) is 40.6 Å². The van der Waals surface area contributed by atoms with Crippen LogP contribution in [-0.2, 0) is 0 Å². The van der Waals surface area contributed by atoms with Gasteiger partial charge < -0.3 is 10.6 Å². The standard InChI is InChI=1S/C20H23N3OS/c1-11-5-4-8-23(10-11)20(24)18-16(21)15-9-14-12(2)6-7-13(3)17(14)22-19(15)25-18/h6-7,9,11H,4-5,8,10,21H2,1-3H3/t11-/m0/s1. The molecule has 4 nitrogen and oxygen atoms in total. The number of anilines is 1. The summed E-state index contributed by atoms with van der Waals surface area (Å²) in [7, 11) is 0. The number of nitrogens with two attached hydrogens (primary N) is 1. The number of nitrogen functional groups attached to an aromatic ring is 1. The van der Waals surface area contributed by atoms with Crippen molar-refractivity contribution < 1.29 is 4.79 Å². The van der Waals surface area contributed by atoms with Gasteiger partial charge in [-0.25, -0.2) is 4.98 Å². The Hall–Kier alpha value is -2.14. The number of aryl methyl sites for hydroxylation is 2. The van der Waals surface area contributed by atoms with Gasteiger partial charge in [-0.3, -0.25) is 4.79 Å². The molecule has 0 bridgehead atoms. The lowest BCUT2D eigenvalue weighted by molar-refractivity contribution is 0.0689. The number of fused-ring (bicyclic) bond motifs is 2. The van der Waals surface area contributed by atoms with Gasteiger partial charge in [0.1, 0.15) is 9.71 Å². The second-order valence-electron chi connectivity index (χ2n) is 7.28. The van der Waals surface area contributed by atoms with Crippen LogP contribution in [0.4, 0.5) is 5.69 Å². The Balaban J connectivity index is 1.84. The third-order valence-electron chi connectivity index (χ3n) is 5.24. The van der Waals surface area contributed by atoms with Crippen molar-refractivity contribution in [1.29, 1.82) is 0 Å². The van der Waals surface area contributed by atoms with Gasteiger partial charge in [-0.15, -0.1) is 11.3 Å². The van der Waals surface area contributed by atoms with Gasteiger partial charge in [0, 0.05) is 23.9 Å². The van der Waals surface area contributed by atoms with Crippen LogP contribution in [0.2, 0.25) is 0 Å². The molecular weight excluding hydrogens is 330 g/mol. The largest absolute Gasteiger partial charge is 0.397 e. The molecule has 1 aliphatic rings. The molecule has 3 heterocycles. The van der Waals surface area contributed by atoms with Crippen LogP contribution in [0.15, 0.2) is 18.2 Å². The first kappa shape index (κ1) is 16.3. The highest BCUT2D eigenvalue weighted by molar-refractivity contribution is 7.21. The van der Waals surface area contributed by atoms with Crippen LogP contribution in [0, 0.1) is 19.8 Å². The second kappa shape index (κ2) is 5.99. The van der Waals surface area contributed by atoms with Crippen molar-refractivity contribution in [3.05, 3.63) is 34.2 Å². The summed E-state index contributed by atoms with van der Waals surface area (Å²) in [4.78, 5) is 21.3. The summed E-state index contributed by atoms with van der Waals surface area (Å²) in [6.45, 7) is 8.00. The summed E-state index contributed by atoms with van der Waals surface area (Å²) >= 11 is 1.43. The molecule has 0 saturated carbocycles. The molecule has 5 heteroatoms. The lowest BCUT2D eigenvalue weighted by Crippen LogP contribution is -2.38. The van der Waals surface area contributed by atoms with Crippen LogP contribution in [0.3, 0.4) is 0 Å². The van der Waals surface area contributed by atoms with Crippen molar-refractivity contribution in [2.75, 3.05) is 18.8 Å². The lowest BCUT2D eigenvalue weighted by Gasteiger charge is -2.30. The van der Waals surface area contributed by atoms with E-state index in [2.05, 4.69) is 39.0 Å². The zero-order valence-electron chi connectivity index (χ0n) is 14.9.